The van der Waals surface area contributed by atoms with Crippen molar-refractivity contribution in [2.24, 2.45) is 5.92 Å². The Morgan fingerprint density at radius 3 is 2.14 bits per heavy atom. The second kappa shape index (κ2) is 14.6. The van der Waals surface area contributed by atoms with E-state index in [1.807, 2.05) is 18.2 Å². The van der Waals surface area contributed by atoms with Gasteiger partial charge < -0.3 is 25.2 Å². The van der Waals surface area contributed by atoms with E-state index < -0.39 is 49.4 Å². The fraction of sp³-hybridized carbons (Fsp3) is 0.594. The molecule has 2 aromatic rings. The number of hydrogen-bond donors (Lipinski definition) is 4. The van der Waals surface area contributed by atoms with Gasteiger partial charge in [0.25, 0.3) is 0 Å². The molecule has 4 atom stereocenters. The molecule has 4 N–H and O–H groups in total. The van der Waals surface area contributed by atoms with Crippen LogP contribution in [-0.4, -0.2) is 51.2 Å². The first-order valence-electron chi connectivity index (χ1n) is 14.8. The van der Waals surface area contributed by atoms with Crippen molar-refractivity contribution in [1.82, 2.24) is 0 Å². The van der Waals surface area contributed by atoms with Gasteiger partial charge >= 0.3 is 18.1 Å². The monoisotopic (exact) mass is 616 g/mol. The van der Waals surface area contributed by atoms with E-state index in [1.54, 1.807) is 24.3 Å². The van der Waals surface area contributed by atoms with Crippen LogP contribution in [0.3, 0.4) is 0 Å². The van der Waals surface area contributed by atoms with Crippen LogP contribution in [0.4, 0.5) is 22.0 Å². The highest BCUT2D eigenvalue weighted by Crippen LogP contribution is 2.50. The minimum absolute atomic E-state index is 0.112. The van der Waals surface area contributed by atoms with E-state index in [1.165, 1.54) is 0 Å². The van der Waals surface area contributed by atoms with Crippen molar-refractivity contribution in [2.45, 2.75) is 107 Å². The van der Waals surface area contributed by atoms with Crippen molar-refractivity contribution in [1.29, 1.82) is 0 Å². The van der Waals surface area contributed by atoms with Gasteiger partial charge in [0.15, 0.2) is 0 Å². The number of hydrogen-bond acceptors (Lipinski definition) is 5. The molecular weight excluding hydrogens is 575 g/mol. The molecule has 0 saturated heterocycles. The summed E-state index contributed by atoms with van der Waals surface area (Å²) < 4.78 is 69.3. The fourth-order valence-corrected chi connectivity index (χ4v) is 5.98. The Morgan fingerprint density at radius 2 is 1.51 bits per heavy atom. The number of alkyl halides is 5. The minimum Gasteiger partial charge on any atom is -0.508 e. The summed E-state index contributed by atoms with van der Waals surface area (Å²) in [4.78, 5) is 11.5. The summed E-state index contributed by atoms with van der Waals surface area (Å²) in [5.41, 5.74) is 1.71. The third kappa shape index (κ3) is 8.97. The lowest BCUT2D eigenvalue weighted by molar-refractivity contribution is -0.284. The number of aliphatic carboxylic acids is 1. The maximum Gasteiger partial charge on any atom is 0.453 e. The van der Waals surface area contributed by atoms with Crippen LogP contribution in [0, 0.1) is 5.92 Å². The first-order valence-corrected chi connectivity index (χ1v) is 14.8. The summed E-state index contributed by atoms with van der Waals surface area (Å²) in [5.74, 6) is -6.60. The molecule has 0 spiro atoms. The van der Waals surface area contributed by atoms with E-state index in [-0.39, 0.29) is 29.3 Å². The smallest absolute Gasteiger partial charge is 0.453 e. The average Bonchev–Trinajstić information content (AvgIpc) is 2.93. The Hall–Kier alpha value is -3.08. The van der Waals surface area contributed by atoms with Gasteiger partial charge in [-0.1, -0.05) is 63.6 Å². The Labute approximate surface area is 248 Å². The number of benzene rings is 2. The number of carboxylic acid groups (broad SMARTS) is 1. The summed E-state index contributed by atoms with van der Waals surface area (Å²) in [6, 6.07) is 12.3. The van der Waals surface area contributed by atoms with Gasteiger partial charge in [-0.15, -0.1) is 0 Å². The number of carbonyl (C=O) groups is 1. The number of aliphatic hydroxyl groups excluding tert-OH is 1. The van der Waals surface area contributed by atoms with Crippen LogP contribution in [0.1, 0.15) is 94.6 Å². The second-order valence-electron chi connectivity index (χ2n) is 11.8. The van der Waals surface area contributed by atoms with Gasteiger partial charge in [-0.25, -0.2) is 0 Å². The number of aromatic hydroxyl groups is 2. The van der Waals surface area contributed by atoms with E-state index in [0.717, 1.165) is 49.7 Å². The summed E-state index contributed by atoms with van der Waals surface area (Å²) in [7, 11) is 0. The Bertz CT molecular complexity index is 1190. The van der Waals surface area contributed by atoms with Crippen molar-refractivity contribution >= 4 is 5.97 Å². The first kappa shape index (κ1) is 34.4. The number of phenolic OH excluding ortho intramolecular Hbond substituents is 2. The lowest BCUT2D eigenvalue weighted by Crippen LogP contribution is -2.40. The van der Waals surface area contributed by atoms with Crippen LogP contribution in [0.15, 0.2) is 42.5 Å². The van der Waals surface area contributed by atoms with E-state index in [4.69, 9.17) is 4.74 Å². The van der Waals surface area contributed by atoms with E-state index in [0.29, 0.717) is 18.8 Å². The average molecular weight is 617 g/mol. The molecule has 240 valence electrons. The number of rotatable bonds is 16. The molecule has 0 aromatic heterocycles. The molecule has 1 heterocycles. The van der Waals surface area contributed by atoms with Crippen LogP contribution in [0.25, 0.3) is 0 Å². The van der Waals surface area contributed by atoms with E-state index in [9.17, 15) is 47.2 Å². The largest absolute Gasteiger partial charge is 0.508 e. The third-order valence-corrected chi connectivity index (χ3v) is 8.64. The number of aliphatic hydroxyl groups is 1. The van der Waals surface area contributed by atoms with Gasteiger partial charge in [-0.3, -0.25) is 4.79 Å². The second-order valence-corrected chi connectivity index (χ2v) is 11.8. The number of phenols is 2. The van der Waals surface area contributed by atoms with E-state index in [2.05, 4.69) is 6.92 Å². The summed E-state index contributed by atoms with van der Waals surface area (Å²) in [5, 5.41) is 39.3. The van der Waals surface area contributed by atoms with Crippen LogP contribution in [0.2, 0.25) is 0 Å². The highest BCUT2D eigenvalue weighted by Gasteiger charge is 2.56. The molecule has 1 aliphatic heterocycles. The van der Waals surface area contributed by atoms with Gasteiger partial charge in [0.2, 0.25) is 0 Å². The maximum atomic E-state index is 13.1. The van der Waals surface area contributed by atoms with Crippen LogP contribution in [0.5, 0.6) is 17.2 Å². The van der Waals surface area contributed by atoms with Gasteiger partial charge in [-0.05, 0) is 55.0 Å². The molecular formula is C32H41F5O6. The van der Waals surface area contributed by atoms with Crippen LogP contribution >= 0.6 is 0 Å². The zero-order valence-corrected chi connectivity index (χ0v) is 24.3. The van der Waals surface area contributed by atoms with Gasteiger partial charge in [0, 0.05) is 23.8 Å². The van der Waals surface area contributed by atoms with Gasteiger partial charge in [0.1, 0.15) is 17.2 Å². The molecule has 4 unspecified atom stereocenters. The fourth-order valence-electron chi connectivity index (χ4n) is 5.98. The predicted molar refractivity (Wildman–Crippen MR) is 151 cm³/mol. The van der Waals surface area contributed by atoms with Crippen molar-refractivity contribution in [3.63, 3.8) is 0 Å². The molecule has 0 fully saturated rings. The van der Waals surface area contributed by atoms with Crippen molar-refractivity contribution in [3.8, 4) is 17.2 Å². The van der Waals surface area contributed by atoms with Crippen molar-refractivity contribution in [3.05, 3.63) is 53.6 Å². The minimum atomic E-state index is -5.68. The highest BCUT2D eigenvalue weighted by atomic mass is 19.4. The lowest BCUT2D eigenvalue weighted by atomic mass is 9.66. The number of fused-ring (bicyclic) bond motifs is 1. The zero-order valence-electron chi connectivity index (χ0n) is 24.3. The number of halogens is 5. The molecule has 0 radical (unpaired) electrons. The van der Waals surface area contributed by atoms with E-state index >= 15 is 0 Å². The normalized spacial score (nSPS) is 20.2. The molecule has 0 amide bonds. The maximum absolute atomic E-state index is 13.1. The summed E-state index contributed by atoms with van der Waals surface area (Å²) in [6.45, 7) is 2.56. The Morgan fingerprint density at radius 1 is 0.907 bits per heavy atom. The quantitative estimate of drug-likeness (QED) is 0.112. The lowest BCUT2D eigenvalue weighted by Gasteiger charge is -2.43. The molecule has 11 heteroatoms. The molecule has 2 aromatic carbocycles. The zero-order chi connectivity index (χ0) is 31.8. The van der Waals surface area contributed by atoms with Gasteiger partial charge in [-0.2, -0.15) is 22.0 Å². The van der Waals surface area contributed by atoms with Gasteiger partial charge in [0.05, 0.1) is 18.6 Å². The molecule has 1 aliphatic rings. The first-order chi connectivity index (χ1) is 20.2. The Kier molecular flexibility index (Phi) is 11.7. The standard InChI is InChI=1S/C32H41F5O6/c1-30(21-12-14-22(38)15-13-21)20-43-28-19-23(39)16-17-24(28)26(30)10-6-4-2-3-5-7-11-27(40)25(29(41)42)9-8-18-31(33,34)32(35,36)37/h12-17,19,25-27,38-40H,2-11,18,20H2,1H3,(H,41,42). The number of ether oxygens (including phenoxy) is 1. The van der Waals surface area contributed by atoms with Crippen LogP contribution < -0.4 is 4.74 Å². The number of carboxylic acids is 1. The molecule has 0 aliphatic carbocycles. The topological polar surface area (TPSA) is 107 Å². The third-order valence-electron chi connectivity index (χ3n) is 8.64. The SMILES string of the molecule is CC1(c2ccc(O)cc2)COc2cc(O)ccc2C1CCCCCCCCC(O)C(CCCC(F)(F)C(F)(F)F)C(=O)O. The molecule has 3 rings (SSSR count). The summed E-state index contributed by atoms with van der Waals surface area (Å²) >= 11 is 0. The van der Waals surface area contributed by atoms with Crippen molar-refractivity contribution < 1.29 is 51.9 Å². The molecule has 0 bridgehead atoms. The highest BCUT2D eigenvalue weighted by molar-refractivity contribution is 5.70. The number of unbranched alkanes of at least 4 members (excludes halogenated alkanes) is 5. The molecule has 0 saturated carbocycles. The van der Waals surface area contributed by atoms with Crippen molar-refractivity contribution in [2.75, 3.05) is 6.61 Å². The summed E-state index contributed by atoms with van der Waals surface area (Å²) in [6.07, 6.45) is -3.79. The predicted octanol–water partition coefficient (Wildman–Crippen LogP) is 8.08. The Balaban J connectivity index is 1.44. The molecule has 43 heavy (non-hydrogen) atoms. The molecule has 6 nitrogen and oxygen atoms in total. The van der Waals surface area contributed by atoms with Crippen LogP contribution in [-0.2, 0) is 10.2 Å².